The minimum Gasteiger partial charge on any atom is -0.378 e. The molecule has 0 radical (unpaired) electrons. The standard InChI is InChI=1S/C8H15BrO3/c1-5-7(11-3)6(10-2)4-12-8(5)9/h5-8H,4H2,1-3H3/t5-,6-,7-,8?/m1/s1. The van der Waals surface area contributed by atoms with Crippen molar-refractivity contribution in [3.05, 3.63) is 0 Å². The van der Waals surface area contributed by atoms with Gasteiger partial charge in [-0.25, -0.2) is 0 Å². The van der Waals surface area contributed by atoms with Gasteiger partial charge in [-0.05, 0) is 0 Å². The van der Waals surface area contributed by atoms with Gasteiger partial charge in [0.2, 0.25) is 0 Å². The summed E-state index contributed by atoms with van der Waals surface area (Å²) in [4.78, 5) is 0. The zero-order valence-corrected chi connectivity index (χ0v) is 9.21. The molecule has 4 atom stereocenters. The molecular weight excluding hydrogens is 224 g/mol. The number of ether oxygens (including phenoxy) is 3. The Labute approximate surface area is 81.5 Å². The summed E-state index contributed by atoms with van der Waals surface area (Å²) in [6, 6.07) is 0. The molecule has 1 aliphatic heterocycles. The van der Waals surface area contributed by atoms with Crippen molar-refractivity contribution in [2.24, 2.45) is 5.92 Å². The summed E-state index contributed by atoms with van der Waals surface area (Å²) in [5, 5.41) is 0.0776. The number of methoxy groups -OCH3 is 2. The normalized spacial score (nSPS) is 43.0. The van der Waals surface area contributed by atoms with Gasteiger partial charge in [-0.2, -0.15) is 0 Å². The van der Waals surface area contributed by atoms with Crippen molar-refractivity contribution in [1.29, 1.82) is 0 Å². The van der Waals surface area contributed by atoms with Crippen LogP contribution < -0.4 is 0 Å². The van der Waals surface area contributed by atoms with Crippen molar-refractivity contribution in [1.82, 2.24) is 0 Å². The molecule has 0 N–H and O–H groups in total. The van der Waals surface area contributed by atoms with Crippen molar-refractivity contribution in [3.8, 4) is 0 Å². The monoisotopic (exact) mass is 238 g/mol. The summed E-state index contributed by atoms with van der Waals surface area (Å²) >= 11 is 3.43. The average Bonchev–Trinajstić information content (AvgIpc) is 2.09. The quantitative estimate of drug-likeness (QED) is 0.682. The Morgan fingerprint density at radius 1 is 1.33 bits per heavy atom. The Balaban J connectivity index is 2.58. The van der Waals surface area contributed by atoms with Crippen LogP contribution in [0.1, 0.15) is 6.92 Å². The number of alkyl halides is 1. The first kappa shape index (κ1) is 10.4. The van der Waals surface area contributed by atoms with Gasteiger partial charge in [0.25, 0.3) is 0 Å². The van der Waals surface area contributed by atoms with Crippen LogP contribution in [0, 0.1) is 5.92 Å². The van der Waals surface area contributed by atoms with Crippen molar-refractivity contribution >= 4 is 15.9 Å². The number of halogens is 1. The van der Waals surface area contributed by atoms with E-state index in [1.807, 2.05) is 0 Å². The molecule has 12 heavy (non-hydrogen) atoms. The number of rotatable bonds is 2. The Kier molecular flexibility index (Phi) is 3.96. The zero-order valence-electron chi connectivity index (χ0n) is 7.62. The van der Waals surface area contributed by atoms with Gasteiger partial charge in [0, 0.05) is 20.1 Å². The minimum absolute atomic E-state index is 0.0544. The second-order valence-electron chi connectivity index (χ2n) is 3.02. The summed E-state index contributed by atoms with van der Waals surface area (Å²) in [6.07, 6.45) is 0.173. The Morgan fingerprint density at radius 3 is 2.50 bits per heavy atom. The maximum atomic E-state index is 5.44. The maximum Gasteiger partial charge on any atom is 0.117 e. The first-order valence-electron chi connectivity index (χ1n) is 4.02. The lowest BCUT2D eigenvalue weighted by Gasteiger charge is -2.37. The van der Waals surface area contributed by atoms with Crippen LogP contribution in [0.4, 0.5) is 0 Å². The van der Waals surface area contributed by atoms with Crippen molar-refractivity contribution in [3.63, 3.8) is 0 Å². The van der Waals surface area contributed by atoms with E-state index in [9.17, 15) is 0 Å². The molecule has 0 aromatic rings. The minimum atomic E-state index is 0.0544. The summed E-state index contributed by atoms with van der Waals surface area (Å²) < 4.78 is 16.0. The topological polar surface area (TPSA) is 27.7 Å². The summed E-state index contributed by atoms with van der Waals surface area (Å²) in [5.74, 6) is 0.314. The fourth-order valence-electron chi connectivity index (χ4n) is 1.49. The molecule has 1 heterocycles. The van der Waals surface area contributed by atoms with Gasteiger partial charge >= 0.3 is 0 Å². The molecule has 0 bridgehead atoms. The molecule has 1 unspecified atom stereocenters. The molecule has 3 nitrogen and oxygen atoms in total. The van der Waals surface area contributed by atoms with Gasteiger partial charge in [0.15, 0.2) is 0 Å². The molecule has 1 saturated heterocycles. The van der Waals surface area contributed by atoms with Crippen LogP contribution in [0.3, 0.4) is 0 Å². The number of hydrogen-bond donors (Lipinski definition) is 0. The first-order chi connectivity index (χ1) is 5.70. The van der Waals surface area contributed by atoms with Crippen molar-refractivity contribution in [2.75, 3.05) is 20.8 Å². The lowest BCUT2D eigenvalue weighted by Crippen LogP contribution is -2.47. The second-order valence-corrected chi connectivity index (χ2v) is 3.92. The molecule has 1 fully saturated rings. The summed E-state index contributed by atoms with van der Waals surface area (Å²) in [5.41, 5.74) is 0. The highest BCUT2D eigenvalue weighted by Gasteiger charge is 2.36. The van der Waals surface area contributed by atoms with Gasteiger partial charge in [-0.15, -0.1) is 0 Å². The molecule has 1 rings (SSSR count). The predicted molar refractivity (Wildman–Crippen MR) is 49.4 cm³/mol. The van der Waals surface area contributed by atoms with Crippen LogP contribution in [0.25, 0.3) is 0 Å². The van der Waals surface area contributed by atoms with Crippen LogP contribution in [-0.2, 0) is 14.2 Å². The van der Waals surface area contributed by atoms with E-state index in [0.717, 1.165) is 0 Å². The van der Waals surface area contributed by atoms with E-state index in [1.165, 1.54) is 0 Å². The smallest absolute Gasteiger partial charge is 0.117 e. The lowest BCUT2D eigenvalue weighted by molar-refractivity contribution is -0.150. The molecule has 4 heteroatoms. The fraction of sp³-hybridized carbons (Fsp3) is 1.00. The van der Waals surface area contributed by atoms with E-state index in [4.69, 9.17) is 14.2 Å². The zero-order chi connectivity index (χ0) is 9.14. The van der Waals surface area contributed by atoms with Crippen LogP contribution in [0.5, 0.6) is 0 Å². The molecule has 0 aromatic carbocycles. The highest BCUT2D eigenvalue weighted by molar-refractivity contribution is 9.09. The van der Waals surface area contributed by atoms with Gasteiger partial charge in [-0.3, -0.25) is 0 Å². The van der Waals surface area contributed by atoms with E-state index in [-0.39, 0.29) is 17.2 Å². The highest BCUT2D eigenvalue weighted by atomic mass is 79.9. The Bertz CT molecular complexity index is 140. The molecule has 0 aliphatic carbocycles. The van der Waals surface area contributed by atoms with Gasteiger partial charge in [-0.1, -0.05) is 22.9 Å². The van der Waals surface area contributed by atoms with Gasteiger partial charge < -0.3 is 14.2 Å². The number of hydrogen-bond acceptors (Lipinski definition) is 3. The first-order valence-corrected chi connectivity index (χ1v) is 4.93. The van der Waals surface area contributed by atoms with E-state index in [1.54, 1.807) is 14.2 Å². The van der Waals surface area contributed by atoms with Gasteiger partial charge in [0.1, 0.15) is 11.1 Å². The Hall–Kier alpha value is 0.360. The summed E-state index contributed by atoms with van der Waals surface area (Å²) in [6.45, 7) is 2.67. The third-order valence-electron chi connectivity index (χ3n) is 2.29. The van der Waals surface area contributed by atoms with Gasteiger partial charge in [0.05, 0.1) is 12.7 Å². The Morgan fingerprint density at radius 2 is 2.00 bits per heavy atom. The molecular formula is C8H15BrO3. The lowest BCUT2D eigenvalue weighted by atomic mass is 9.98. The second kappa shape index (κ2) is 4.56. The molecule has 0 aromatic heterocycles. The molecule has 0 amide bonds. The van der Waals surface area contributed by atoms with E-state index in [2.05, 4.69) is 22.9 Å². The average molecular weight is 239 g/mol. The van der Waals surface area contributed by atoms with Crippen molar-refractivity contribution < 1.29 is 14.2 Å². The third-order valence-corrected chi connectivity index (χ3v) is 3.39. The maximum absolute atomic E-state index is 5.44. The van der Waals surface area contributed by atoms with Crippen LogP contribution >= 0.6 is 15.9 Å². The van der Waals surface area contributed by atoms with Crippen LogP contribution in [0.15, 0.2) is 0 Å². The molecule has 0 spiro atoms. The third kappa shape index (κ3) is 1.99. The highest BCUT2D eigenvalue weighted by Crippen LogP contribution is 2.28. The van der Waals surface area contributed by atoms with E-state index in [0.29, 0.717) is 12.5 Å². The van der Waals surface area contributed by atoms with Crippen LogP contribution in [0.2, 0.25) is 0 Å². The van der Waals surface area contributed by atoms with E-state index < -0.39 is 0 Å². The molecule has 72 valence electrons. The SMILES string of the molecule is CO[C@H]1[C@H](OC)COC(Br)[C@@H]1C. The summed E-state index contributed by atoms with van der Waals surface area (Å²) in [7, 11) is 3.39. The van der Waals surface area contributed by atoms with Crippen molar-refractivity contribution in [2.45, 2.75) is 24.1 Å². The van der Waals surface area contributed by atoms with E-state index >= 15 is 0 Å². The fourth-order valence-corrected chi connectivity index (χ4v) is 1.94. The molecule has 0 saturated carbocycles. The predicted octanol–water partition coefficient (Wildman–Crippen LogP) is 1.40. The van der Waals surface area contributed by atoms with Crippen LogP contribution in [-0.4, -0.2) is 38.0 Å². The largest absolute Gasteiger partial charge is 0.378 e. The molecule has 1 aliphatic rings.